The molecule has 0 spiro atoms. The summed E-state index contributed by atoms with van der Waals surface area (Å²) in [6, 6.07) is 7.60. The summed E-state index contributed by atoms with van der Waals surface area (Å²) in [7, 11) is 1.64. The Bertz CT molecular complexity index is 470. The van der Waals surface area contributed by atoms with Crippen LogP contribution < -0.4 is 5.32 Å². The molecule has 21 heavy (non-hydrogen) atoms. The molecule has 1 atom stereocenters. The minimum atomic E-state index is -0.157. The van der Waals surface area contributed by atoms with E-state index in [-0.39, 0.29) is 12.0 Å². The van der Waals surface area contributed by atoms with E-state index in [2.05, 4.69) is 5.32 Å². The van der Waals surface area contributed by atoms with Gasteiger partial charge in [0.2, 0.25) is 5.91 Å². The number of carbonyl (C=O) groups excluding carboxylic acids is 1. The number of rotatable bonds is 6. The van der Waals surface area contributed by atoms with Crippen LogP contribution in [0.5, 0.6) is 0 Å². The number of carbonyl (C=O) groups is 1. The van der Waals surface area contributed by atoms with Gasteiger partial charge in [-0.05, 0) is 6.07 Å². The van der Waals surface area contributed by atoms with E-state index in [1.54, 1.807) is 7.11 Å². The van der Waals surface area contributed by atoms with Gasteiger partial charge in [-0.25, -0.2) is 0 Å². The van der Waals surface area contributed by atoms with Gasteiger partial charge in [-0.1, -0.05) is 29.8 Å². The molecule has 0 aromatic heterocycles. The van der Waals surface area contributed by atoms with Crippen LogP contribution in [0.4, 0.5) is 0 Å². The maximum Gasteiger partial charge on any atom is 0.236 e. The first-order chi connectivity index (χ1) is 10.2. The average Bonchev–Trinajstić information content (AvgIpc) is 2.52. The van der Waals surface area contributed by atoms with E-state index in [0.717, 1.165) is 5.56 Å². The van der Waals surface area contributed by atoms with Gasteiger partial charge in [0.15, 0.2) is 0 Å². The molecule has 1 fully saturated rings. The minimum Gasteiger partial charge on any atom is -0.383 e. The number of nitrogens with zero attached hydrogens (tertiary/aromatic N) is 1. The lowest BCUT2D eigenvalue weighted by atomic mass is 10.1. The van der Waals surface area contributed by atoms with Gasteiger partial charge in [-0.2, -0.15) is 0 Å². The minimum absolute atomic E-state index is 0.0754. The molecule has 1 aliphatic rings. The molecular formula is C15H21ClN2O3. The number of hydrogen-bond acceptors (Lipinski definition) is 4. The maximum atomic E-state index is 12.2. The molecule has 1 aromatic rings. The fourth-order valence-corrected chi connectivity index (χ4v) is 2.54. The van der Waals surface area contributed by atoms with Crippen LogP contribution in [0.15, 0.2) is 24.3 Å². The van der Waals surface area contributed by atoms with Crippen LogP contribution in [-0.2, 0) is 14.3 Å². The summed E-state index contributed by atoms with van der Waals surface area (Å²) in [5, 5.41) is 3.74. The Morgan fingerprint density at radius 1 is 1.52 bits per heavy atom. The Balaban J connectivity index is 1.88. The summed E-state index contributed by atoms with van der Waals surface area (Å²) in [4.78, 5) is 14.0. The summed E-state index contributed by atoms with van der Waals surface area (Å²) in [6.45, 7) is 3.26. The maximum absolute atomic E-state index is 12.2. The lowest BCUT2D eigenvalue weighted by molar-refractivity contribution is -0.138. The van der Waals surface area contributed by atoms with Crippen molar-refractivity contribution in [3.8, 4) is 0 Å². The van der Waals surface area contributed by atoms with Gasteiger partial charge in [0.1, 0.15) is 6.10 Å². The van der Waals surface area contributed by atoms with E-state index in [0.29, 0.717) is 44.4 Å². The molecule has 5 nitrogen and oxygen atoms in total. The van der Waals surface area contributed by atoms with Crippen LogP contribution >= 0.6 is 11.6 Å². The van der Waals surface area contributed by atoms with Gasteiger partial charge >= 0.3 is 0 Å². The van der Waals surface area contributed by atoms with Crippen molar-refractivity contribution in [3.05, 3.63) is 34.9 Å². The average molecular weight is 313 g/mol. The Labute approximate surface area is 130 Å². The van der Waals surface area contributed by atoms with Crippen molar-refractivity contribution in [2.45, 2.75) is 6.10 Å². The highest BCUT2D eigenvalue weighted by atomic mass is 35.5. The zero-order valence-electron chi connectivity index (χ0n) is 12.2. The van der Waals surface area contributed by atoms with E-state index in [4.69, 9.17) is 21.1 Å². The van der Waals surface area contributed by atoms with Crippen molar-refractivity contribution in [2.24, 2.45) is 0 Å². The van der Waals surface area contributed by atoms with Crippen LogP contribution in [-0.4, -0.2) is 57.3 Å². The first-order valence-corrected chi connectivity index (χ1v) is 7.43. The first kappa shape index (κ1) is 16.2. The van der Waals surface area contributed by atoms with Crippen molar-refractivity contribution >= 4 is 17.5 Å². The third kappa shape index (κ3) is 4.68. The number of hydrogen-bond donors (Lipinski definition) is 1. The van der Waals surface area contributed by atoms with Gasteiger partial charge in [0.25, 0.3) is 0 Å². The van der Waals surface area contributed by atoms with E-state index in [9.17, 15) is 4.79 Å². The summed E-state index contributed by atoms with van der Waals surface area (Å²) in [6.07, 6.45) is -0.157. The van der Waals surface area contributed by atoms with Crippen molar-refractivity contribution in [2.75, 3.05) is 46.5 Å². The van der Waals surface area contributed by atoms with E-state index < -0.39 is 0 Å². The number of methoxy groups -OCH3 is 1. The highest BCUT2D eigenvalue weighted by Gasteiger charge is 2.26. The summed E-state index contributed by atoms with van der Waals surface area (Å²) < 4.78 is 10.7. The van der Waals surface area contributed by atoms with Crippen LogP contribution in [0.3, 0.4) is 0 Å². The zero-order valence-corrected chi connectivity index (χ0v) is 12.9. The topological polar surface area (TPSA) is 50.8 Å². The lowest BCUT2D eigenvalue weighted by Crippen LogP contribution is -2.46. The SMILES string of the molecule is COCCNCC(=O)N1CCOC(c2ccccc2Cl)C1. The molecule has 1 N–H and O–H groups in total. The Morgan fingerprint density at radius 3 is 3.10 bits per heavy atom. The molecule has 1 aliphatic heterocycles. The number of nitrogens with one attached hydrogen (secondary N) is 1. The van der Waals surface area contributed by atoms with E-state index >= 15 is 0 Å². The second-order valence-electron chi connectivity index (χ2n) is 4.89. The summed E-state index contributed by atoms with van der Waals surface area (Å²) in [5.74, 6) is 0.0754. The van der Waals surface area contributed by atoms with Crippen molar-refractivity contribution in [3.63, 3.8) is 0 Å². The Morgan fingerprint density at radius 2 is 2.33 bits per heavy atom. The highest BCUT2D eigenvalue weighted by molar-refractivity contribution is 6.31. The standard InChI is InChI=1S/C15H21ClN2O3/c1-20-8-6-17-10-15(19)18-7-9-21-14(11-18)12-4-2-3-5-13(12)16/h2-5,14,17H,6-11H2,1H3. The van der Waals surface area contributed by atoms with Gasteiger partial charge < -0.3 is 19.7 Å². The number of benzene rings is 1. The molecule has 0 saturated carbocycles. The number of halogens is 1. The quantitative estimate of drug-likeness (QED) is 0.808. The van der Waals surface area contributed by atoms with E-state index in [1.165, 1.54) is 0 Å². The van der Waals surface area contributed by atoms with Gasteiger partial charge in [-0.3, -0.25) is 4.79 Å². The van der Waals surface area contributed by atoms with Crippen molar-refractivity contribution < 1.29 is 14.3 Å². The molecule has 1 heterocycles. The molecule has 0 radical (unpaired) electrons. The smallest absolute Gasteiger partial charge is 0.236 e. The van der Waals surface area contributed by atoms with Crippen LogP contribution in [0, 0.1) is 0 Å². The molecule has 6 heteroatoms. The molecule has 2 rings (SSSR count). The zero-order chi connectivity index (χ0) is 15.1. The molecule has 1 amide bonds. The van der Waals surface area contributed by atoms with Crippen LogP contribution in [0.1, 0.15) is 11.7 Å². The molecule has 1 unspecified atom stereocenters. The molecule has 116 valence electrons. The number of morpholine rings is 1. The highest BCUT2D eigenvalue weighted by Crippen LogP contribution is 2.28. The molecular weight excluding hydrogens is 292 g/mol. The van der Waals surface area contributed by atoms with E-state index in [1.807, 2.05) is 29.2 Å². The number of amides is 1. The predicted molar refractivity (Wildman–Crippen MR) is 81.5 cm³/mol. The Kier molecular flexibility index (Phi) is 6.45. The predicted octanol–water partition coefficient (Wildman–Crippen LogP) is 1.48. The largest absolute Gasteiger partial charge is 0.383 e. The van der Waals surface area contributed by atoms with Gasteiger partial charge in [0.05, 0.1) is 26.3 Å². The normalized spacial score (nSPS) is 18.8. The fourth-order valence-electron chi connectivity index (χ4n) is 2.28. The third-order valence-corrected chi connectivity index (χ3v) is 3.77. The second-order valence-corrected chi connectivity index (χ2v) is 5.30. The molecule has 0 aliphatic carbocycles. The third-order valence-electron chi connectivity index (χ3n) is 3.43. The van der Waals surface area contributed by atoms with Crippen molar-refractivity contribution in [1.29, 1.82) is 0 Å². The fraction of sp³-hybridized carbons (Fsp3) is 0.533. The Hall–Kier alpha value is -1.14. The van der Waals surface area contributed by atoms with Gasteiger partial charge in [-0.15, -0.1) is 0 Å². The number of ether oxygens (including phenoxy) is 2. The van der Waals surface area contributed by atoms with Crippen LogP contribution in [0.25, 0.3) is 0 Å². The lowest BCUT2D eigenvalue weighted by Gasteiger charge is -2.33. The van der Waals surface area contributed by atoms with Crippen molar-refractivity contribution in [1.82, 2.24) is 10.2 Å². The summed E-state index contributed by atoms with van der Waals surface area (Å²) in [5.41, 5.74) is 0.934. The first-order valence-electron chi connectivity index (χ1n) is 7.06. The monoisotopic (exact) mass is 312 g/mol. The molecule has 1 saturated heterocycles. The summed E-state index contributed by atoms with van der Waals surface area (Å²) >= 11 is 6.19. The second kappa shape index (κ2) is 8.34. The van der Waals surface area contributed by atoms with Crippen LogP contribution in [0.2, 0.25) is 5.02 Å². The van der Waals surface area contributed by atoms with Gasteiger partial charge in [0, 0.05) is 30.8 Å². The molecule has 0 bridgehead atoms. The molecule has 1 aromatic carbocycles.